The summed E-state index contributed by atoms with van der Waals surface area (Å²) in [6.45, 7) is 4.42. The summed E-state index contributed by atoms with van der Waals surface area (Å²) in [4.78, 5) is 0. The van der Waals surface area contributed by atoms with Crippen molar-refractivity contribution in [3.8, 4) is 6.07 Å². The van der Waals surface area contributed by atoms with Crippen LogP contribution in [0.3, 0.4) is 0 Å². The van der Waals surface area contributed by atoms with Gasteiger partial charge in [-0.1, -0.05) is 13.8 Å². The predicted molar refractivity (Wildman–Crippen MR) is 67.7 cm³/mol. The van der Waals surface area contributed by atoms with Crippen LogP contribution < -0.4 is 0 Å². The minimum Gasteiger partial charge on any atom is -0.392 e. The Bertz CT molecular complexity index is 374. The van der Waals surface area contributed by atoms with Crippen LogP contribution in [0.5, 0.6) is 0 Å². The Balaban J connectivity index is 2.13. The number of aliphatic hydroxyl groups excluding tert-OH is 1. The van der Waals surface area contributed by atoms with Gasteiger partial charge in [0.15, 0.2) is 0 Å². The zero-order valence-electron chi connectivity index (χ0n) is 10.6. The largest absolute Gasteiger partial charge is 0.392 e. The summed E-state index contributed by atoms with van der Waals surface area (Å²) < 4.78 is 12.0. The molecule has 2 bridgehead atoms. The van der Waals surface area contributed by atoms with Crippen molar-refractivity contribution >= 4 is 10.8 Å². The highest BCUT2D eigenvalue weighted by molar-refractivity contribution is 7.85. The maximum atomic E-state index is 12.0. The molecule has 0 aliphatic heterocycles. The standard InChI is InChI=1S/C13H21NO2S/c1-12(2)10-4-5-13(12,11(15)8-10)9-17(16)7-3-6-14/h10-11,15H,3-5,7-9H2,1-2H3. The third-order valence-corrected chi connectivity index (χ3v) is 6.75. The fourth-order valence-electron chi connectivity index (χ4n) is 3.90. The quantitative estimate of drug-likeness (QED) is 0.833. The van der Waals surface area contributed by atoms with Crippen molar-refractivity contribution in [3.05, 3.63) is 0 Å². The molecule has 4 unspecified atom stereocenters. The Labute approximate surface area is 106 Å². The van der Waals surface area contributed by atoms with Gasteiger partial charge in [0.05, 0.1) is 12.2 Å². The monoisotopic (exact) mass is 255 g/mol. The smallest absolute Gasteiger partial charge is 0.0631 e. The molecule has 0 aromatic heterocycles. The lowest BCUT2D eigenvalue weighted by Crippen LogP contribution is -2.43. The minimum atomic E-state index is -0.972. The van der Waals surface area contributed by atoms with Crippen molar-refractivity contribution in [1.82, 2.24) is 0 Å². The van der Waals surface area contributed by atoms with Crippen molar-refractivity contribution in [1.29, 1.82) is 5.26 Å². The van der Waals surface area contributed by atoms with E-state index in [4.69, 9.17) is 5.26 Å². The topological polar surface area (TPSA) is 61.1 Å². The first-order valence-electron chi connectivity index (χ1n) is 6.34. The van der Waals surface area contributed by atoms with Crippen molar-refractivity contribution in [2.45, 2.75) is 45.6 Å². The summed E-state index contributed by atoms with van der Waals surface area (Å²) in [5.41, 5.74) is -0.0767. The first-order chi connectivity index (χ1) is 7.94. The van der Waals surface area contributed by atoms with Gasteiger partial charge >= 0.3 is 0 Å². The molecule has 0 radical (unpaired) electrons. The Morgan fingerprint density at radius 3 is 2.71 bits per heavy atom. The maximum absolute atomic E-state index is 12.0. The van der Waals surface area contributed by atoms with Crippen molar-refractivity contribution < 1.29 is 9.32 Å². The van der Waals surface area contributed by atoms with Gasteiger partial charge in [-0.05, 0) is 30.6 Å². The molecule has 2 aliphatic carbocycles. The molecule has 0 amide bonds. The highest BCUT2D eigenvalue weighted by atomic mass is 32.2. The second kappa shape index (κ2) is 4.37. The summed E-state index contributed by atoms with van der Waals surface area (Å²) >= 11 is 0. The highest BCUT2D eigenvalue weighted by Gasteiger charge is 2.63. The van der Waals surface area contributed by atoms with E-state index in [9.17, 15) is 9.32 Å². The molecular formula is C13H21NO2S. The molecule has 2 aliphatic rings. The van der Waals surface area contributed by atoms with Gasteiger partial charge in [0.25, 0.3) is 0 Å². The normalized spacial score (nSPS) is 40.1. The lowest BCUT2D eigenvalue weighted by Gasteiger charge is -2.40. The first-order valence-corrected chi connectivity index (χ1v) is 7.83. The second-order valence-electron chi connectivity index (χ2n) is 6.06. The van der Waals surface area contributed by atoms with Crippen molar-refractivity contribution in [2.75, 3.05) is 11.5 Å². The lowest BCUT2D eigenvalue weighted by atomic mass is 9.70. The highest BCUT2D eigenvalue weighted by Crippen LogP contribution is 2.65. The van der Waals surface area contributed by atoms with Crippen molar-refractivity contribution in [2.24, 2.45) is 16.7 Å². The molecule has 0 aromatic rings. The van der Waals surface area contributed by atoms with Crippen LogP contribution in [0.1, 0.15) is 39.5 Å². The van der Waals surface area contributed by atoms with E-state index < -0.39 is 10.8 Å². The average Bonchev–Trinajstić information content (AvgIpc) is 2.60. The zero-order chi connectivity index (χ0) is 12.7. The molecule has 2 fully saturated rings. The van der Waals surface area contributed by atoms with Crippen LogP contribution in [0.15, 0.2) is 0 Å². The molecule has 96 valence electrons. The number of fused-ring (bicyclic) bond motifs is 2. The lowest BCUT2D eigenvalue weighted by molar-refractivity contribution is 0.0160. The van der Waals surface area contributed by atoms with Gasteiger partial charge < -0.3 is 5.11 Å². The average molecular weight is 255 g/mol. The molecule has 0 aromatic carbocycles. The maximum Gasteiger partial charge on any atom is 0.0631 e. The number of aliphatic hydroxyl groups is 1. The fourth-order valence-corrected chi connectivity index (χ4v) is 5.64. The molecule has 3 nitrogen and oxygen atoms in total. The third kappa shape index (κ3) is 1.84. The van der Waals surface area contributed by atoms with Gasteiger partial charge in [0.2, 0.25) is 0 Å². The predicted octanol–water partition coefficient (Wildman–Crippen LogP) is 1.84. The van der Waals surface area contributed by atoms with E-state index in [0.29, 0.717) is 23.8 Å². The number of hydrogen-bond acceptors (Lipinski definition) is 3. The molecule has 0 saturated heterocycles. The van der Waals surface area contributed by atoms with Crippen LogP contribution in [0.25, 0.3) is 0 Å². The number of rotatable bonds is 4. The summed E-state index contributed by atoms with van der Waals surface area (Å²) in [6, 6.07) is 2.04. The summed E-state index contributed by atoms with van der Waals surface area (Å²) in [5, 5.41) is 18.8. The van der Waals surface area contributed by atoms with Crippen LogP contribution in [-0.2, 0) is 10.8 Å². The first kappa shape index (κ1) is 13.0. The number of hydrogen-bond donors (Lipinski definition) is 1. The van der Waals surface area contributed by atoms with Crippen LogP contribution in [0.4, 0.5) is 0 Å². The van der Waals surface area contributed by atoms with Gasteiger partial charge in [-0.2, -0.15) is 5.26 Å². The molecule has 0 spiro atoms. The van der Waals surface area contributed by atoms with E-state index in [1.807, 2.05) is 6.07 Å². The van der Waals surface area contributed by atoms with Crippen LogP contribution in [0.2, 0.25) is 0 Å². The molecule has 2 saturated carbocycles. The van der Waals surface area contributed by atoms with Gasteiger partial charge in [0, 0.05) is 34.1 Å². The summed E-state index contributed by atoms with van der Waals surface area (Å²) in [5.74, 6) is 1.59. The molecule has 4 atom stereocenters. The van der Waals surface area contributed by atoms with Gasteiger partial charge in [0.1, 0.15) is 0 Å². The molecular weight excluding hydrogens is 234 g/mol. The Kier molecular flexibility index (Phi) is 3.35. The molecule has 0 heterocycles. The van der Waals surface area contributed by atoms with Gasteiger partial charge in [-0.25, -0.2) is 0 Å². The SMILES string of the molecule is CC1(C)C2CCC1(CS(=O)CCC#N)C(O)C2. The summed E-state index contributed by atoms with van der Waals surface area (Å²) in [7, 11) is -0.972. The van der Waals surface area contributed by atoms with Crippen LogP contribution >= 0.6 is 0 Å². The zero-order valence-corrected chi connectivity index (χ0v) is 11.4. The van der Waals surface area contributed by atoms with E-state index in [1.165, 1.54) is 0 Å². The third-order valence-electron chi connectivity index (χ3n) is 5.25. The van der Waals surface area contributed by atoms with Gasteiger partial charge in [-0.3, -0.25) is 4.21 Å². The summed E-state index contributed by atoms with van der Waals surface area (Å²) in [6.07, 6.45) is 3.05. The second-order valence-corrected chi connectivity index (χ2v) is 7.64. The van der Waals surface area contributed by atoms with Crippen LogP contribution in [0, 0.1) is 28.1 Å². The fraction of sp³-hybridized carbons (Fsp3) is 0.923. The molecule has 1 N–H and O–H groups in total. The number of nitriles is 1. The number of nitrogens with zero attached hydrogens (tertiary/aromatic N) is 1. The van der Waals surface area contributed by atoms with Crippen LogP contribution in [-0.4, -0.2) is 26.9 Å². The molecule has 4 heteroatoms. The van der Waals surface area contributed by atoms with Gasteiger partial charge in [-0.15, -0.1) is 0 Å². The van der Waals surface area contributed by atoms with E-state index in [-0.39, 0.29) is 16.9 Å². The Morgan fingerprint density at radius 1 is 1.53 bits per heavy atom. The van der Waals surface area contributed by atoms with E-state index >= 15 is 0 Å². The van der Waals surface area contributed by atoms with E-state index in [0.717, 1.165) is 19.3 Å². The van der Waals surface area contributed by atoms with Crippen molar-refractivity contribution in [3.63, 3.8) is 0 Å². The minimum absolute atomic E-state index is 0.0920. The van der Waals surface area contributed by atoms with E-state index in [2.05, 4.69) is 13.8 Å². The Hall–Kier alpha value is -0.400. The molecule has 2 rings (SSSR count). The molecule has 17 heavy (non-hydrogen) atoms. The Morgan fingerprint density at radius 2 is 2.24 bits per heavy atom. The van der Waals surface area contributed by atoms with E-state index in [1.54, 1.807) is 0 Å².